The number of carbonyl (C=O) groups is 1. The van der Waals surface area contributed by atoms with E-state index in [0.717, 1.165) is 5.69 Å². The summed E-state index contributed by atoms with van der Waals surface area (Å²) in [6.45, 7) is 1.92. The van der Waals surface area contributed by atoms with Crippen molar-refractivity contribution < 1.29 is 4.79 Å². The smallest absolute Gasteiger partial charge is 0.258 e. The van der Waals surface area contributed by atoms with Gasteiger partial charge in [-0.15, -0.1) is 0 Å². The maximum absolute atomic E-state index is 11.7. The summed E-state index contributed by atoms with van der Waals surface area (Å²) in [6, 6.07) is 5.24. The van der Waals surface area contributed by atoms with Crippen molar-refractivity contribution >= 4 is 11.7 Å². The van der Waals surface area contributed by atoms with Crippen molar-refractivity contribution in [3.63, 3.8) is 0 Å². The molecule has 2 aromatic heterocycles. The largest absolute Gasteiger partial charge is 0.305 e. The van der Waals surface area contributed by atoms with Gasteiger partial charge in [-0.25, -0.2) is 0 Å². The van der Waals surface area contributed by atoms with Crippen molar-refractivity contribution in [1.29, 1.82) is 0 Å². The van der Waals surface area contributed by atoms with Crippen LogP contribution in [0.3, 0.4) is 0 Å². The van der Waals surface area contributed by atoms with E-state index in [-0.39, 0.29) is 5.91 Å². The van der Waals surface area contributed by atoms with Gasteiger partial charge in [0.15, 0.2) is 5.82 Å². The molecule has 0 bridgehead atoms. The van der Waals surface area contributed by atoms with E-state index in [4.69, 9.17) is 0 Å². The lowest BCUT2D eigenvalue weighted by Crippen LogP contribution is -2.12. The molecule has 82 valence electrons. The number of aryl methyl sites for hydroxylation is 2. The fraction of sp³-hybridized carbons (Fsp3) is 0.182. The van der Waals surface area contributed by atoms with Crippen molar-refractivity contribution in [1.82, 2.24) is 14.8 Å². The molecule has 5 nitrogen and oxygen atoms in total. The maximum Gasteiger partial charge on any atom is 0.258 e. The molecule has 2 heterocycles. The number of carbonyl (C=O) groups excluding carboxylic acids is 1. The second kappa shape index (κ2) is 4.14. The van der Waals surface area contributed by atoms with E-state index in [1.54, 1.807) is 23.0 Å². The zero-order valence-electron chi connectivity index (χ0n) is 9.14. The Labute approximate surface area is 93.1 Å². The quantitative estimate of drug-likeness (QED) is 0.824. The topological polar surface area (TPSA) is 59.8 Å². The fourth-order valence-corrected chi connectivity index (χ4v) is 1.31. The summed E-state index contributed by atoms with van der Waals surface area (Å²) in [6.07, 6.45) is 3.15. The highest BCUT2D eigenvalue weighted by Gasteiger charge is 2.08. The molecule has 0 spiro atoms. The molecule has 1 N–H and O–H groups in total. The zero-order valence-corrected chi connectivity index (χ0v) is 9.14. The van der Waals surface area contributed by atoms with Gasteiger partial charge in [0, 0.05) is 31.2 Å². The minimum Gasteiger partial charge on any atom is -0.305 e. The molecule has 0 fully saturated rings. The third kappa shape index (κ3) is 2.08. The second-order valence-electron chi connectivity index (χ2n) is 3.49. The first kappa shape index (κ1) is 10.4. The first-order chi connectivity index (χ1) is 7.66. The number of aromatic nitrogens is 3. The Morgan fingerprint density at radius 3 is 2.88 bits per heavy atom. The molecule has 0 aliphatic heterocycles. The van der Waals surface area contributed by atoms with E-state index in [1.165, 1.54) is 6.20 Å². The Bertz CT molecular complexity index is 484. The zero-order chi connectivity index (χ0) is 11.5. The summed E-state index contributed by atoms with van der Waals surface area (Å²) in [5, 5.41) is 6.85. The van der Waals surface area contributed by atoms with E-state index in [1.807, 2.05) is 20.0 Å². The average Bonchev–Trinajstić information content (AvgIpc) is 2.59. The van der Waals surface area contributed by atoms with Crippen molar-refractivity contribution in [2.75, 3.05) is 5.32 Å². The number of hydrogen-bond acceptors (Lipinski definition) is 3. The third-order valence-corrected chi connectivity index (χ3v) is 2.28. The summed E-state index contributed by atoms with van der Waals surface area (Å²) in [5.74, 6) is 0.347. The molecule has 16 heavy (non-hydrogen) atoms. The van der Waals surface area contributed by atoms with Crippen LogP contribution in [-0.4, -0.2) is 20.7 Å². The van der Waals surface area contributed by atoms with Crippen LogP contribution in [0.1, 0.15) is 16.1 Å². The predicted octanol–water partition coefficient (Wildman–Crippen LogP) is 1.38. The maximum atomic E-state index is 11.7. The predicted molar refractivity (Wildman–Crippen MR) is 60.1 cm³/mol. The van der Waals surface area contributed by atoms with Crippen LogP contribution < -0.4 is 5.32 Å². The normalized spacial score (nSPS) is 10.1. The molecular weight excluding hydrogens is 204 g/mol. The molecule has 1 amide bonds. The Morgan fingerprint density at radius 2 is 2.31 bits per heavy atom. The molecule has 0 radical (unpaired) electrons. The van der Waals surface area contributed by atoms with E-state index in [0.29, 0.717) is 11.4 Å². The minimum atomic E-state index is -0.203. The van der Waals surface area contributed by atoms with Gasteiger partial charge in [0.05, 0.1) is 5.56 Å². The molecular formula is C11H12N4O. The van der Waals surface area contributed by atoms with Crippen LogP contribution >= 0.6 is 0 Å². The van der Waals surface area contributed by atoms with Gasteiger partial charge in [0.25, 0.3) is 5.91 Å². The van der Waals surface area contributed by atoms with Crippen LogP contribution in [0.4, 0.5) is 5.82 Å². The number of amides is 1. The lowest BCUT2D eigenvalue weighted by molar-refractivity contribution is 0.102. The van der Waals surface area contributed by atoms with Gasteiger partial charge in [0.1, 0.15) is 0 Å². The summed E-state index contributed by atoms with van der Waals surface area (Å²) in [4.78, 5) is 15.6. The number of nitrogens with zero attached hydrogens (tertiary/aromatic N) is 3. The van der Waals surface area contributed by atoms with Crippen LogP contribution in [-0.2, 0) is 7.05 Å². The van der Waals surface area contributed by atoms with Gasteiger partial charge in [-0.1, -0.05) is 0 Å². The third-order valence-electron chi connectivity index (χ3n) is 2.28. The number of nitrogens with one attached hydrogen (secondary N) is 1. The molecule has 0 atom stereocenters. The number of hydrogen-bond donors (Lipinski definition) is 1. The van der Waals surface area contributed by atoms with E-state index in [9.17, 15) is 4.79 Å². The van der Waals surface area contributed by atoms with Gasteiger partial charge in [-0.3, -0.25) is 14.5 Å². The summed E-state index contributed by atoms with van der Waals surface area (Å²) >= 11 is 0. The Kier molecular flexibility index (Phi) is 2.68. The first-order valence-corrected chi connectivity index (χ1v) is 4.89. The lowest BCUT2D eigenvalue weighted by atomic mass is 10.3. The van der Waals surface area contributed by atoms with Crippen molar-refractivity contribution in [3.05, 3.63) is 41.9 Å². The van der Waals surface area contributed by atoms with Crippen molar-refractivity contribution in [3.8, 4) is 0 Å². The molecule has 0 saturated carbocycles. The van der Waals surface area contributed by atoms with Gasteiger partial charge in [0.2, 0.25) is 0 Å². The fourth-order valence-electron chi connectivity index (χ4n) is 1.31. The average molecular weight is 216 g/mol. The molecule has 0 saturated heterocycles. The van der Waals surface area contributed by atoms with Crippen molar-refractivity contribution in [2.45, 2.75) is 6.92 Å². The molecule has 0 aliphatic rings. The van der Waals surface area contributed by atoms with Gasteiger partial charge >= 0.3 is 0 Å². The highest BCUT2D eigenvalue weighted by atomic mass is 16.1. The van der Waals surface area contributed by atoms with E-state index < -0.39 is 0 Å². The highest BCUT2D eigenvalue weighted by molar-refractivity contribution is 6.03. The van der Waals surface area contributed by atoms with Gasteiger partial charge in [-0.05, 0) is 19.1 Å². The van der Waals surface area contributed by atoms with Crippen molar-refractivity contribution in [2.24, 2.45) is 7.05 Å². The van der Waals surface area contributed by atoms with Crippen LogP contribution in [0.25, 0.3) is 0 Å². The Morgan fingerprint density at radius 1 is 1.50 bits per heavy atom. The number of pyridine rings is 1. The molecule has 2 aromatic rings. The molecule has 2 rings (SSSR count). The van der Waals surface area contributed by atoms with E-state index >= 15 is 0 Å². The first-order valence-electron chi connectivity index (χ1n) is 4.89. The van der Waals surface area contributed by atoms with Crippen LogP contribution in [0.5, 0.6) is 0 Å². The minimum absolute atomic E-state index is 0.203. The molecule has 0 aliphatic carbocycles. The summed E-state index contributed by atoms with van der Waals surface area (Å²) in [7, 11) is 1.83. The molecule has 0 aromatic carbocycles. The highest BCUT2D eigenvalue weighted by Crippen LogP contribution is 2.08. The second-order valence-corrected chi connectivity index (χ2v) is 3.49. The monoisotopic (exact) mass is 216 g/mol. The van der Waals surface area contributed by atoms with E-state index in [2.05, 4.69) is 15.4 Å². The van der Waals surface area contributed by atoms with Crippen LogP contribution in [0, 0.1) is 6.92 Å². The Balaban J connectivity index is 2.14. The molecule has 5 heteroatoms. The standard InChI is InChI=1S/C11H12N4O/c1-8-6-10(14-15(8)2)13-11(16)9-4-3-5-12-7-9/h3-7H,1-2H3,(H,13,14,16). The van der Waals surface area contributed by atoms with Gasteiger partial charge < -0.3 is 5.32 Å². The van der Waals surface area contributed by atoms with Gasteiger partial charge in [-0.2, -0.15) is 5.10 Å². The summed E-state index contributed by atoms with van der Waals surface area (Å²) in [5.41, 5.74) is 1.51. The SMILES string of the molecule is Cc1cc(NC(=O)c2cccnc2)nn1C. The van der Waals surface area contributed by atoms with Crippen LogP contribution in [0.2, 0.25) is 0 Å². The molecule has 0 unspecified atom stereocenters. The summed E-state index contributed by atoms with van der Waals surface area (Å²) < 4.78 is 1.71. The lowest BCUT2D eigenvalue weighted by Gasteiger charge is -2.00. The number of rotatable bonds is 2. The Hall–Kier alpha value is -2.17. The van der Waals surface area contributed by atoms with Crippen LogP contribution in [0.15, 0.2) is 30.6 Å². The number of anilines is 1.